The van der Waals surface area contributed by atoms with Crippen molar-refractivity contribution in [2.24, 2.45) is 0 Å². The molecule has 0 bridgehead atoms. The van der Waals surface area contributed by atoms with Gasteiger partial charge in [0.25, 0.3) is 0 Å². The third-order valence-corrected chi connectivity index (χ3v) is 4.53. The van der Waals surface area contributed by atoms with E-state index in [1.165, 1.54) is 16.4 Å². The Bertz CT molecular complexity index is 689. The summed E-state index contributed by atoms with van der Waals surface area (Å²) in [6, 6.07) is 5.04. The van der Waals surface area contributed by atoms with Crippen molar-refractivity contribution < 1.29 is 4.79 Å². The smallest absolute Gasteiger partial charge is 0.234 e. The van der Waals surface area contributed by atoms with Crippen molar-refractivity contribution in [3.05, 3.63) is 34.1 Å². The molecule has 0 saturated carbocycles. The van der Waals surface area contributed by atoms with E-state index < -0.39 is 0 Å². The molecule has 2 rings (SSSR count). The van der Waals surface area contributed by atoms with Gasteiger partial charge >= 0.3 is 0 Å². The largest absolute Gasteiger partial charge is 0.336 e. The van der Waals surface area contributed by atoms with Crippen LogP contribution in [-0.2, 0) is 4.79 Å². The molecule has 0 spiro atoms. The normalized spacial score (nSPS) is 11.0. The van der Waals surface area contributed by atoms with Gasteiger partial charge in [0.2, 0.25) is 11.1 Å². The number of amides is 1. The highest BCUT2D eigenvalue weighted by Crippen LogP contribution is 2.29. The van der Waals surface area contributed by atoms with E-state index in [9.17, 15) is 4.79 Å². The van der Waals surface area contributed by atoms with E-state index in [-0.39, 0.29) is 17.6 Å². The lowest BCUT2D eigenvalue weighted by Gasteiger charge is -2.08. The number of nitrogens with zero attached hydrogens (tertiary/aromatic N) is 3. The lowest BCUT2D eigenvalue weighted by atomic mass is 10.2. The number of hydrogen-bond acceptors (Lipinski definition) is 5. The fourth-order valence-corrected chi connectivity index (χ4v) is 2.71. The zero-order valence-electron chi connectivity index (χ0n) is 12.0. The fraction of sp³-hybridized carbons (Fsp3) is 0.308. The Morgan fingerprint density at radius 1 is 1.41 bits per heavy atom. The summed E-state index contributed by atoms with van der Waals surface area (Å²) in [5.74, 6) is 6.62. The zero-order valence-corrected chi connectivity index (χ0v) is 14.3. The van der Waals surface area contributed by atoms with Gasteiger partial charge in [-0.15, -0.1) is 10.2 Å². The van der Waals surface area contributed by atoms with Crippen LogP contribution >= 0.6 is 35.0 Å². The summed E-state index contributed by atoms with van der Waals surface area (Å²) in [7, 11) is 0. The Hall–Kier alpha value is -1.44. The Labute approximate surface area is 142 Å². The summed E-state index contributed by atoms with van der Waals surface area (Å²) < 4.78 is 1.40. The molecule has 1 heterocycles. The van der Waals surface area contributed by atoms with E-state index in [1.807, 2.05) is 13.8 Å². The lowest BCUT2D eigenvalue weighted by Crippen LogP contribution is -2.17. The Balaban J connectivity index is 1.97. The number of aromatic nitrogens is 3. The second kappa shape index (κ2) is 7.21. The maximum Gasteiger partial charge on any atom is 0.234 e. The number of carbonyl (C=O) groups is 1. The number of nitrogens with one attached hydrogen (secondary N) is 1. The first-order valence-electron chi connectivity index (χ1n) is 6.47. The average Bonchev–Trinajstić information content (AvgIpc) is 2.83. The standard InChI is InChI=1S/C13H15Cl2N5OS/c1-7(2)12-18-19-13(20(12)16)22-6-10(21)17-9-5-3-4-8(14)11(9)15/h3-5,7H,6,16H2,1-2H3,(H,17,21). The Morgan fingerprint density at radius 2 is 2.14 bits per heavy atom. The number of rotatable bonds is 5. The highest BCUT2D eigenvalue weighted by Gasteiger charge is 2.15. The van der Waals surface area contributed by atoms with Gasteiger partial charge in [0, 0.05) is 5.92 Å². The van der Waals surface area contributed by atoms with Crippen molar-refractivity contribution in [3.8, 4) is 0 Å². The summed E-state index contributed by atoms with van der Waals surface area (Å²) in [5.41, 5.74) is 0.469. The number of anilines is 1. The number of benzene rings is 1. The van der Waals surface area contributed by atoms with Crippen LogP contribution in [0.2, 0.25) is 10.0 Å². The van der Waals surface area contributed by atoms with Gasteiger partial charge in [0.15, 0.2) is 5.82 Å². The molecule has 0 aliphatic rings. The molecular formula is C13H15Cl2N5OS. The van der Waals surface area contributed by atoms with Gasteiger partial charge in [-0.1, -0.05) is 54.9 Å². The molecule has 1 amide bonds. The minimum atomic E-state index is -0.233. The molecule has 3 N–H and O–H groups in total. The Kier molecular flexibility index (Phi) is 5.55. The van der Waals surface area contributed by atoms with Crippen LogP contribution in [0.3, 0.4) is 0 Å². The van der Waals surface area contributed by atoms with Crippen LogP contribution in [0.25, 0.3) is 0 Å². The van der Waals surface area contributed by atoms with Crippen LogP contribution < -0.4 is 11.2 Å². The van der Waals surface area contributed by atoms with Gasteiger partial charge < -0.3 is 11.2 Å². The van der Waals surface area contributed by atoms with Gasteiger partial charge in [-0.05, 0) is 12.1 Å². The summed E-state index contributed by atoms with van der Waals surface area (Å²) in [6.45, 7) is 3.94. The molecule has 0 atom stereocenters. The fourth-order valence-electron chi connectivity index (χ4n) is 1.70. The lowest BCUT2D eigenvalue weighted by molar-refractivity contribution is -0.113. The molecule has 9 heteroatoms. The predicted molar refractivity (Wildman–Crippen MR) is 90.1 cm³/mol. The van der Waals surface area contributed by atoms with E-state index in [0.717, 1.165) is 0 Å². The first-order chi connectivity index (χ1) is 10.4. The summed E-state index contributed by atoms with van der Waals surface area (Å²) in [4.78, 5) is 12.0. The first kappa shape index (κ1) is 16.9. The molecule has 22 heavy (non-hydrogen) atoms. The number of halogens is 2. The quantitative estimate of drug-likeness (QED) is 0.632. The van der Waals surface area contributed by atoms with Gasteiger partial charge in [-0.2, -0.15) is 0 Å². The van der Waals surface area contributed by atoms with Crippen molar-refractivity contribution in [2.45, 2.75) is 24.9 Å². The molecule has 0 unspecified atom stereocenters. The maximum absolute atomic E-state index is 12.0. The molecular weight excluding hydrogens is 345 g/mol. The molecule has 2 aromatic rings. The van der Waals surface area contributed by atoms with Gasteiger partial charge in [0.05, 0.1) is 21.5 Å². The van der Waals surface area contributed by atoms with Gasteiger partial charge in [-0.3, -0.25) is 4.79 Å². The third-order valence-electron chi connectivity index (χ3n) is 2.77. The van der Waals surface area contributed by atoms with Crippen molar-refractivity contribution in [1.82, 2.24) is 14.9 Å². The molecule has 1 aromatic carbocycles. The van der Waals surface area contributed by atoms with Crippen LogP contribution in [0.1, 0.15) is 25.6 Å². The van der Waals surface area contributed by atoms with Crippen molar-refractivity contribution in [3.63, 3.8) is 0 Å². The molecule has 1 aromatic heterocycles. The number of nitrogen functional groups attached to an aromatic ring is 1. The average molecular weight is 360 g/mol. The van der Waals surface area contributed by atoms with Crippen LogP contribution in [0, 0.1) is 0 Å². The number of thioether (sulfide) groups is 1. The summed E-state index contributed by atoms with van der Waals surface area (Å²) in [6.07, 6.45) is 0. The molecule has 0 radical (unpaired) electrons. The van der Waals surface area contributed by atoms with E-state index in [1.54, 1.807) is 18.2 Å². The van der Waals surface area contributed by atoms with Crippen LogP contribution in [0.4, 0.5) is 5.69 Å². The second-order valence-corrected chi connectivity index (χ2v) is 6.53. The van der Waals surface area contributed by atoms with Crippen LogP contribution in [0.5, 0.6) is 0 Å². The van der Waals surface area contributed by atoms with Gasteiger partial charge in [-0.25, -0.2) is 4.68 Å². The highest BCUT2D eigenvalue weighted by atomic mass is 35.5. The third kappa shape index (κ3) is 3.85. The first-order valence-corrected chi connectivity index (χ1v) is 8.21. The summed E-state index contributed by atoms with van der Waals surface area (Å²) >= 11 is 13.1. The topological polar surface area (TPSA) is 85.8 Å². The predicted octanol–water partition coefficient (Wildman–Crippen LogP) is 3.15. The maximum atomic E-state index is 12.0. The molecule has 0 fully saturated rings. The second-order valence-electron chi connectivity index (χ2n) is 4.80. The van der Waals surface area contributed by atoms with E-state index in [0.29, 0.717) is 26.7 Å². The number of nitrogens with two attached hydrogens (primary N) is 1. The highest BCUT2D eigenvalue weighted by molar-refractivity contribution is 7.99. The van der Waals surface area contributed by atoms with Crippen molar-refractivity contribution in [1.29, 1.82) is 0 Å². The van der Waals surface area contributed by atoms with Crippen LogP contribution in [-0.4, -0.2) is 26.5 Å². The molecule has 0 aliphatic carbocycles. The molecule has 0 aliphatic heterocycles. The minimum absolute atomic E-state index is 0.135. The minimum Gasteiger partial charge on any atom is -0.336 e. The van der Waals surface area contributed by atoms with Crippen molar-refractivity contribution >= 4 is 46.6 Å². The van der Waals surface area contributed by atoms with Gasteiger partial charge in [0.1, 0.15) is 0 Å². The molecule has 0 saturated heterocycles. The monoisotopic (exact) mass is 359 g/mol. The van der Waals surface area contributed by atoms with E-state index in [4.69, 9.17) is 29.0 Å². The Morgan fingerprint density at radius 3 is 2.77 bits per heavy atom. The van der Waals surface area contributed by atoms with Crippen molar-refractivity contribution in [2.75, 3.05) is 16.9 Å². The van der Waals surface area contributed by atoms with Crippen LogP contribution in [0.15, 0.2) is 23.4 Å². The zero-order chi connectivity index (χ0) is 16.3. The number of hydrogen-bond donors (Lipinski definition) is 2. The molecule has 118 valence electrons. The van der Waals surface area contributed by atoms with E-state index in [2.05, 4.69) is 15.5 Å². The summed E-state index contributed by atoms with van der Waals surface area (Å²) in [5, 5.41) is 11.8. The molecule has 6 nitrogen and oxygen atoms in total. The SMILES string of the molecule is CC(C)c1nnc(SCC(=O)Nc2cccc(Cl)c2Cl)n1N. The van der Waals surface area contributed by atoms with E-state index >= 15 is 0 Å². The number of carbonyl (C=O) groups excluding carboxylic acids is 1.